The largest absolute Gasteiger partial charge is 0.481 e. The number of ether oxygens (including phenoxy) is 1. The molecule has 0 bridgehead atoms. The van der Waals surface area contributed by atoms with Crippen molar-refractivity contribution in [2.45, 2.75) is 19.8 Å². The van der Waals surface area contributed by atoms with E-state index in [1.807, 2.05) is 12.1 Å². The Kier molecular flexibility index (Phi) is 4.55. The van der Waals surface area contributed by atoms with Crippen molar-refractivity contribution in [3.8, 4) is 29.1 Å². The number of pyridine rings is 2. The molecule has 7 heteroatoms. The molecule has 3 heterocycles. The number of nitriles is 1. The number of carbonyl (C=O) groups is 2. The van der Waals surface area contributed by atoms with Crippen molar-refractivity contribution in [1.29, 1.82) is 5.26 Å². The number of carbonyl (C=O) groups excluding carboxylic acids is 1. The first-order chi connectivity index (χ1) is 14.3. The molecule has 1 unspecified atom stereocenters. The van der Waals surface area contributed by atoms with Crippen LogP contribution >= 0.6 is 0 Å². The van der Waals surface area contributed by atoms with Crippen LogP contribution < -0.4 is 4.74 Å². The number of hydrogen-bond donors (Lipinski definition) is 1. The third-order valence-corrected chi connectivity index (χ3v) is 5.32. The Morgan fingerprint density at radius 2 is 1.70 bits per heavy atom. The highest BCUT2D eigenvalue weighted by Gasteiger charge is 2.44. The zero-order chi connectivity index (χ0) is 21.5. The highest BCUT2D eigenvalue weighted by molar-refractivity contribution is 5.78. The molecular formula is C23H17N3O4. The van der Waals surface area contributed by atoms with Gasteiger partial charge >= 0.3 is 5.97 Å². The molecule has 0 amide bonds. The van der Waals surface area contributed by atoms with Crippen LogP contribution in [0.15, 0.2) is 48.5 Å². The second-order valence-corrected chi connectivity index (χ2v) is 7.60. The Bertz CT molecular complexity index is 1210. The molecule has 1 N–H and O–H groups in total. The number of fused-ring (bicyclic) bond motifs is 2. The van der Waals surface area contributed by atoms with Crippen LogP contribution in [0.3, 0.4) is 0 Å². The molecule has 2 aromatic heterocycles. The number of benzene rings is 1. The minimum atomic E-state index is -1.17. The van der Waals surface area contributed by atoms with Gasteiger partial charge in [0.1, 0.15) is 18.0 Å². The normalized spacial score (nSPS) is 14.6. The zero-order valence-corrected chi connectivity index (χ0v) is 16.3. The summed E-state index contributed by atoms with van der Waals surface area (Å²) < 4.78 is 5.91. The SMILES string of the molecule is CC(C)(C(=O)O)C1c2ccc(C#N)nc2Oc2nc(-c3ccc(C=O)cc3)ccc21. The number of aromatic nitrogens is 2. The lowest BCUT2D eigenvalue weighted by molar-refractivity contribution is -0.147. The lowest BCUT2D eigenvalue weighted by Gasteiger charge is -2.35. The molecule has 30 heavy (non-hydrogen) atoms. The molecule has 0 fully saturated rings. The predicted octanol–water partition coefficient (Wildman–Crippen LogP) is 4.18. The van der Waals surface area contributed by atoms with E-state index in [1.165, 1.54) is 0 Å². The summed E-state index contributed by atoms with van der Waals surface area (Å²) in [5, 5.41) is 19.0. The molecule has 7 nitrogen and oxygen atoms in total. The predicted molar refractivity (Wildman–Crippen MR) is 107 cm³/mol. The lowest BCUT2D eigenvalue weighted by Crippen LogP contribution is -2.34. The Morgan fingerprint density at radius 3 is 2.30 bits per heavy atom. The smallest absolute Gasteiger partial charge is 0.310 e. The maximum Gasteiger partial charge on any atom is 0.310 e. The Labute approximate surface area is 172 Å². The first-order valence-electron chi connectivity index (χ1n) is 9.24. The molecule has 1 aliphatic rings. The van der Waals surface area contributed by atoms with Gasteiger partial charge in [-0.3, -0.25) is 9.59 Å². The van der Waals surface area contributed by atoms with Crippen LogP contribution in [0.5, 0.6) is 11.8 Å². The number of nitrogens with zero attached hydrogens (tertiary/aromatic N) is 3. The van der Waals surface area contributed by atoms with Crippen LogP contribution in [0.1, 0.15) is 46.9 Å². The number of hydrogen-bond acceptors (Lipinski definition) is 6. The third-order valence-electron chi connectivity index (χ3n) is 5.32. The molecule has 1 aliphatic heterocycles. The highest BCUT2D eigenvalue weighted by Crippen LogP contribution is 2.51. The summed E-state index contributed by atoms with van der Waals surface area (Å²) in [5.41, 5.74) is 2.18. The number of carboxylic acid groups (broad SMARTS) is 1. The number of aliphatic carboxylic acids is 1. The summed E-state index contributed by atoms with van der Waals surface area (Å²) in [5.74, 6) is -1.10. The van der Waals surface area contributed by atoms with Crippen molar-refractivity contribution < 1.29 is 19.4 Å². The summed E-state index contributed by atoms with van der Waals surface area (Å²) in [6, 6.07) is 15.7. The van der Waals surface area contributed by atoms with E-state index in [2.05, 4.69) is 9.97 Å². The van der Waals surface area contributed by atoms with E-state index in [-0.39, 0.29) is 17.5 Å². The van der Waals surface area contributed by atoms with Crippen molar-refractivity contribution in [2.24, 2.45) is 5.41 Å². The van der Waals surface area contributed by atoms with Crippen molar-refractivity contribution in [3.63, 3.8) is 0 Å². The van der Waals surface area contributed by atoms with E-state index in [0.29, 0.717) is 22.4 Å². The van der Waals surface area contributed by atoms with Crippen LogP contribution in [-0.2, 0) is 4.79 Å². The average Bonchev–Trinajstić information content (AvgIpc) is 2.76. The quantitative estimate of drug-likeness (QED) is 0.655. The van der Waals surface area contributed by atoms with E-state index in [4.69, 9.17) is 4.74 Å². The van der Waals surface area contributed by atoms with Crippen LogP contribution in [0.25, 0.3) is 11.3 Å². The Balaban J connectivity index is 1.87. The average molecular weight is 399 g/mol. The van der Waals surface area contributed by atoms with Gasteiger partial charge in [-0.2, -0.15) is 5.26 Å². The maximum atomic E-state index is 12.0. The van der Waals surface area contributed by atoms with Gasteiger partial charge in [0, 0.05) is 28.2 Å². The fourth-order valence-corrected chi connectivity index (χ4v) is 3.62. The van der Waals surface area contributed by atoms with E-state index in [9.17, 15) is 20.0 Å². The monoisotopic (exact) mass is 399 g/mol. The maximum absolute atomic E-state index is 12.0. The van der Waals surface area contributed by atoms with Crippen molar-refractivity contribution in [2.75, 3.05) is 0 Å². The first-order valence-corrected chi connectivity index (χ1v) is 9.24. The fourth-order valence-electron chi connectivity index (χ4n) is 3.62. The Hall–Kier alpha value is -4.05. The van der Waals surface area contributed by atoms with Crippen LogP contribution in [-0.4, -0.2) is 27.3 Å². The summed E-state index contributed by atoms with van der Waals surface area (Å²) in [7, 11) is 0. The summed E-state index contributed by atoms with van der Waals surface area (Å²) in [6.45, 7) is 3.28. The molecule has 148 valence electrons. The molecule has 0 saturated carbocycles. The van der Waals surface area contributed by atoms with E-state index in [0.717, 1.165) is 11.8 Å². The molecule has 1 atom stereocenters. The highest BCUT2D eigenvalue weighted by atomic mass is 16.5. The van der Waals surface area contributed by atoms with Gasteiger partial charge in [-0.05, 0) is 26.0 Å². The minimum Gasteiger partial charge on any atom is -0.481 e. The summed E-state index contributed by atoms with van der Waals surface area (Å²) in [6.07, 6.45) is 0.765. The van der Waals surface area contributed by atoms with Gasteiger partial charge in [-0.1, -0.05) is 36.4 Å². The molecule has 3 aromatic rings. The van der Waals surface area contributed by atoms with Crippen LogP contribution in [0.2, 0.25) is 0 Å². The zero-order valence-electron chi connectivity index (χ0n) is 16.3. The van der Waals surface area contributed by atoms with Crippen LogP contribution in [0, 0.1) is 16.7 Å². The van der Waals surface area contributed by atoms with E-state index < -0.39 is 17.3 Å². The van der Waals surface area contributed by atoms with Gasteiger partial charge in [-0.15, -0.1) is 0 Å². The molecule has 4 rings (SSSR count). The number of rotatable bonds is 4. The van der Waals surface area contributed by atoms with E-state index >= 15 is 0 Å². The fraction of sp³-hybridized carbons (Fsp3) is 0.174. The van der Waals surface area contributed by atoms with Gasteiger partial charge in [0.15, 0.2) is 0 Å². The molecular weight excluding hydrogens is 382 g/mol. The Morgan fingerprint density at radius 1 is 1.07 bits per heavy atom. The standard InChI is InChI=1S/C23H17N3O4/c1-23(2,22(28)29)19-16-8-7-15(11-24)25-20(16)30-21-17(19)9-10-18(26-21)14-5-3-13(12-27)4-6-14/h3-10,12,19H,1-2H3,(H,28,29). The molecule has 1 aromatic carbocycles. The minimum absolute atomic E-state index is 0.171. The van der Waals surface area contributed by atoms with Gasteiger partial charge in [0.05, 0.1) is 11.1 Å². The number of carboxylic acids is 1. The summed E-state index contributed by atoms with van der Waals surface area (Å²) in [4.78, 5) is 31.7. The van der Waals surface area contributed by atoms with Crippen molar-refractivity contribution in [1.82, 2.24) is 9.97 Å². The molecule has 0 aliphatic carbocycles. The van der Waals surface area contributed by atoms with Gasteiger partial charge < -0.3 is 9.84 Å². The van der Waals surface area contributed by atoms with Crippen LogP contribution in [0.4, 0.5) is 0 Å². The number of aldehydes is 1. The molecule has 0 spiro atoms. The van der Waals surface area contributed by atoms with Gasteiger partial charge in [0.2, 0.25) is 11.8 Å². The second kappa shape index (κ2) is 7.08. The lowest BCUT2D eigenvalue weighted by atomic mass is 9.71. The molecule has 0 saturated heterocycles. The van der Waals surface area contributed by atoms with Gasteiger partial charge in [-0.25, -0.2) is 9.97 Å². The third kappa shape index (κ3) is 3.08. The summed E-state index contributed by atoms with van der Waals surface area (Å²) >= 11 is 0. The van der Waals surface area contributed by atoms with Crippen molar-refractivity contribution in [3.05, 3.63) is 70.9 Å². The van der Waals surface area contributed by atoms with Gasteiger partial charge in [0.25, 0.3) is 0 Å². The first kappa shape index (κ1) is 19.3. The van der Waals surface area contributed by atoms with E-state index in [1.54, 1.807) is 56.3 Å². The van der Waals surface area contributed by atoms with Crippen molar-refractivity contribution >= 4 is 12.3 Å². The molecule has 0 radical (unpaired) electrons. The topological polar surface area (TPSA) is 113 Å². The second-order valence-electron chi connectivity index (χ2n) is 7.60.